The number of rotatable bonds is 5. The molecule has 0 N–H and O–H groups in total. The highest BCUT2D eigenvalue weighted by Gasteiger charge is 2.18. The Balaban J connectivity index is 1.52. The topological polar surface area (TPSA) is 38.8 Å². The van der Waals surface area contributed by atoms with Crippen LogP contribution in [0.2, 0.25) is 0 Å². The van der Waals surface area contributed by atoms with Gasteiger partial charge in [-0.3, -0.25) is 4.79 Å². The Morgan fingerprint density at radius 1 is 0.897 bits per heavy atom. The fourth-order valence-electron chi connectivity index (χ4n) is 3.90. The van der Waals surface area contributed by atoms with Crippen LogP contribution in [0.25, 0.3) is 10.8 Å². The minimum Gasteiger partial charge on any atom is -0.496 e. The normalized spacial score (nSPS) is 14.4. The third-order valence-electron chi connectivity index (χ3n) is 5.54. The molecule has 29 heavy (non-hydrogen) atoms. The Labute approximate surface area is 172 Å². The summed E-state index contributed by atoms with van der Waals surface area (Å²) < 4.78 is 11.5. The first-order chi connectivity index (χ1) is 14.2. The monoisotopic (exact) mass is 389 g/mol. The minimum atomic E-state index is 0.0986. The van der Waals surface area contributed by atoms with Gasteiger partial charge in [-0.05, 0) is 53.9 Å². The van der Waals surface area contributed by atoms with Crippen molar-refractivity contribution in [2.24, 2.45) is 0 Å². The summed E-state index contributed by atoms with van der Waals surface area (Å²) >= 11 is 0. The van der Waals surface area contributed by atoms with Crippen LogP contribution in [0.4, 0.5) is 0 Å². The summed E-state index contributed by atoms with van der Waals surface area (Å²) in [6.07, 6.45) is 4.58. The van der Waals surface area contributed by atoms with Gasteiger partial charge < -0.3 is 14.4 Å². The van der Waals surface area contributed by atoms with Crippen LogP contribution in [0.15, 0.2) is 60.7 Å². The molecule has 0 unspecified atom stereocenters. The van der Waals surface area contributed by atoms with E-state index in [-0.39, 0.29) is 5.91 Å². The van der Waals surface area contributed by atoms with E-state index in [2.05, 4.69) is 18.2 Å². The first kappa shape index (κ1) is 19.3. The van der Waals surface area contributed by atoms with Crippen molar-refractivity contribution in [3.05, 3.63) is 71.8 Å². The Morgan fingerprint density at radius 2 is 1.66 bits per heavy atom. The minimum absolute atomic E-state index is 0.0986. The average Bonchev–Trinajstić information content (AvgIpc) is 3.06. The first-order valence-electron chi connectivity index (χ1n) is 10.3. The van der Waals surface area contributed by atoms with Gasteiger partial charge in [-0.2, -0.15) is 0 Å². The van der Waals surface area contributed by atoms with Gasteiger partial charge in [0.15, 0.2) is 0 Å². The van der Waals surface area contributed by atoms with E-state index in [9.17, 15) is 4.79 Å². The lowest BCUT2D eigenvalue weighted by Gasteiger charge is -2.21. The molecule has 1 aliphatic rings. The molecule has 4 heteroatoms. The average molecular weight is 389 g/mol. The number of fused-ring (bicyclic) bond motifs is 1. The molecule has 1 heterocycles. The zero-order valence-electron chi connectivity index (χ0n) is 16.9. The van der Waals surface area contributed by atoms with Crippen molar-refractivity contribution in [3.8, 4) is 11.5 Å². The van der Waals surface area contributed by atoms with Gasteiger partial charge in [0.1, 0.15) is 18.1 Å². The summed E-state index contributed by atoms with van der Waals surface area (Å²) in [7, 11) is 1.64. The van der Waals surface area contributed by atoms with E-state index in [1.807, 2.05) is 47.4 Å². The molecule has 4 rings (SSSR count). The van der Waals surface area contributed by atoms with Crippen molar-refractivity contribution in [2.75, 3.05) is 20.2 Å². The van der Waals surface area contributed by atoms with Crippen LogP contribution >= 0.6 is 0 Å². The van der Waals surface area contributed by atoms with E-state index in [4.69, 9.17) is 9.47 Å². The van der Waals surface area contributed by atoms with Gasteiger partial charge in [0.25, 0.3) is 5.91 Å². The molecule has 0 aliphatic carbocycles. The summed E-state index contributed by atoms with van der Waals surface area (Å²) in [5, 5.41) is 2.32. The van der Waals surface area contributed by atoms with Gasteiger partial charge in [-0.15, -0.1) is 0 Å². The van der Waals surface area contributed by atoms with Gasteiger partial charge in [0.05, 0.1) is 7.11 Å². The molecule has 3 aromatic carbocycles. The third kappa shape index (κ3) is 4.53. The van der Waals surface area contributed by atoms with Gasteiger partial charge in [-0.25, -0.2) is 0 Å². The zero-order chi connectivity index (χ0) is 20.1. The molecule has 0 bridgehead atoms. The summed E-state index contributed by atoms with van der Waals surface area (Å²) in [5.74, 6) is 1.63. The number of methoxy groups -OCH3 is 1. The fraction of sp³-hybridized carbons (Fsp3) is 0.320. The number of ether oxygens (including phenoxy) is 2. The van der Waals surface area contributed by atoms with Gasteiger partial charge in [0.2, 0.25) is 0 Å². The molecule has 0 spiro atoms. The number of nitrogens with zero attached hydrogens (tertiary/aromatic N) is 1. The van der Waals surface area contributed by atoms with Crippen molar-refractivity contribution >= 4 is 16.7 Å². The number of benzene rings is 3. The number of amides is 1. The number of carbonyl (C=O) groups excluding carboxylic acids is 1. The van der Waals surface area contributed by atoms with Crippen molar-refractivity contribution in [2.45, 2.75) is 32.3 Å². The molecule has 1 amide bonds. The molecule has 0 saturated carbocycles. The predicted molar refractivity (Wildman–Crippen MR) is 116 cm³/mol. The lowest BCUT2D eigenvalue weighted by molar-refractivity contribution is 0.0761. The van der Waals surface area contributed by atoms with E-state index in [0.717, 1.165) is 48.4 Å². The Kier molecular flexibility index (Phi) is 5.99. The second kappa shape index (κ2) is 8.99. The van der Waals surface area contributed by atoms with E-state index in [1.54, 1.807) is 7.11 Å². The van der Waals surface area contributed by atoms with Crippen molar-refractivity contribution in [1.82, 2.24) is 4.90 Å². The Morgan fingerprint density at radius 3 is 2.41 bits per heavy atom. The molecule has 1 saturated heterocycles. The second-order valence-corrected chi connectivity index (χ2v) is 7.53. The largest absolute Gasteiger partial charge is 0.496 e. The molecular formula is C25H27NO3. The smallest absolute Gasteiger partial charge is 0.253 e. The first-order valence-corrected chi connectivity index (χ1v) is 10.3. The van der Waals surface area contributed by atoms with Crippen LogP contribution < -0.4 is 9.47 Å². The van der Waals surface area contributed by atoms with Crippen molar-refractivity contribution in [1.29, 1.82) is 0 Å². The molecule has 0 atom stereocenters. The van der Waals surface area contributed by atoms with E-state index < -0.39 is 0 Å². The highest BCUT2D eigenvalue weighted by molar-refractivity contribution is 5.94. The van der Waals surface area contributed by atoms with Crippen LogP contribution in [0.5, 0.6) is 11.5 Å². The number of carbonyl (C=O) groups is 1. The summed E-state index contributed by atoms with van der Waals surface area (Å²) in [6.45, 7) is 2.03. The number of likely N-dealkylation sites (tertiary alicyclic amines) is 1. The maximum Gasteiger partial charge on any atom is 0.253 e. The van der Waals surface area contributed by atoms with Crippen LogP contribution in [0.1, 0.15) is 41.6 Å². The standard InChI is InChI=1S/C25H27NO3/c1-28-24-13-11-21(25(27)26-14-6-2-3-7-15-26)16-22(24)18-29-23-12-10-19-8-4-5-9-20(19)17-23/h4-5,8-13,16-17H,2-3,6-7,14-15,18H2,1H3. The maximum atomic E-state index is 13.0. The molecule has 0 radical (unpaired) electrons. The highest BCUT2D eigenvalue weighted by atomic mass is 16.5. The SMILES string of the molecule is COc1ccc(C(=O)N2CCCCCC2)cc1COc1ccc2ccccc2c1. The lowest BCUT2D eigenvalue weighted by atomic mass is 10.1. The summed E-state index contributed by atoms with van der Waals surface area (Å²) in [5.41, 5.74) is 1.58. The van der Waals surface area contributed by atoms with Crippen LogP contribution in [0, 0.1) is 0 Å². The highest BCUT2D eigenvalue weighted by Crippen LogP contribution is 2.25. The Bertz CT molecular complexity index is 990. The molecule has 3 aromatic rings. The molecule has 4 nitrogen and oxygen atoms in total. The van der Waals surface area contributed by atoms with Crippen molar-refractivity contribution in [3.63, 3.8) is 0 Å². The lowest BCUT2D eigenvalue weighted by Crippen LogP contribution is -2.31. The van der Waals surface area contributed by atoms with Crippen molar-refractivity contribution < 1.29 is 14.3 Å². The molecule has 0 aromatic heterocycles. The quantitative estimate of drug-likeness (QED) is 0.583. The molecule has 1 aliphatic heterocycles. The fourth-order valence-corrected chi connectivity index (χ4v) is 3.90. The van der Waals surface area contributed by atoms with E-state index in [1.165, 1.54) is 18.2 Å². The van der Waals surface area contributed by atoms with Crippen LogP contribution in [-0.2, 0) is 6.61 Å². The van der Waals surface area contributed by atoms with Gasteiger partial charge in [0, 0.05) is 24.2 Å². The van der Waals surface area contributed by atoms with Crippen LogP contribution in [0.3, 0.4) is 0 Å². The van der Waals surface area contributed by atoms with Crippen LogP contribution in [-0.4, -0.2) is 31.0 Å². The Hall–Kier alpha value is -3.01. The van der Waals surface area contributed by atoms with E-state index >= 15 is 0 Å². The molecule has 1 fully saturated rings. The number of hydrogen-bond donors (Lipinski definition) is 0. The molecular weight excluding hydrogens is 362 g/mol. The zero-order valence-corrected chi connectivity index (χ0v) is 16.9. The predicted octanol–water partition coefficient (Wildman–Crippen LogP) is 5.44. The van der Waals surface area contributed by atoms with E-state index in [0.29, 0.717) is 12.2 Å². The number of hydrogen-bond acceptors (Lipinski definition) is 3. The summed E-state index contributed by atoms with van der Waals surface area (Å²) in [4.78, 5) is 14.9. The van der Waals surface area contributed by atoms with Gasteiger partial charge in [-0.1, -0.05) is 43.2 Å². The summed E-state index contributed by atoms with van der Waals surface area (Å²) in [6, 6.07) is 19.9. The second-order valence-electron chi connectivity index (χ2n) is 7.53. The van der Waals surface area contributed by atoms with Gasteiger partial charge >= 0.3 is 0 Å². The molecule has 150 valence electrons. The maximum absolute atomic E-state index is 13.0. The third-order valence-corrected chi connectivity index (χ3v) is 5.54.